The molecule has 0 unspecified atom stereocenters. The van der Waals surface area contributed by atoms with Crippen molar-refractivity contribution >= 4 is 11.8 Å². The molecule has 4 nitrogen and oxygen atoms in total. The highest BCUT2D eigenvalue weighted by molar-refractivity contribution is 6.22. The van der Waals surface area contributed by atoms with Crippen molar-refractivity contribution in [3.63, 3.8) is 0 Å². The smallest absolute Gasteiger partial charge is 0.259 e. The van der Waals surface area contributed by atoms with Crippen LogP contribution in [0.15, 0.2) is 30.3 Å². The van der Waals surface area contributed by atoms with E-state index >= 15 is 0 Å². The standard InChI is InChI=1S/C17H15NO3/c1-9-5-4-6-13(10(9)2)21-14-8-7-12-15(11(14)3)17(20)18-16(12)19/h4-8H,1-3H3,(H,18,19,20). The summed E-state index contributed by atoms with van der Waals surface area (Å²) in [5.74, 6) is 0.630. The number of imide groups is 1. The molecular weight excluding hydrogens is 266 g/mol. The molecule has 0 bridgehead atoms. The maximum absolute atomic E-state index is 11.8. The minimum Gasteiger partial charge on any atom is -0.457 e. The molecule has 0 spiro atoms. The largest absolute Gasteiger partial charge is 0.457 e. The van der Waals surface area contributed by atoms with Crippen LogP contribution < -0.4 is 10.1 Å². The van der Waals surface area contributed by atoms with Crippen molar-refractivity contribution in [2.75, 3.05) is 0 Å². The van der Waals surface area contributed by atoms with Crippen molar-refractivity contribution in [1.82, 2.24) is 5.32 Å². The molecule has 0 radical (unpaired) electrons. The number of carbonyl (C=O) groups is 2. The van der Waals surface area contributed by atoms with Crippen LogP contribution in [0, 0.1) is 20.8 Å². The third kappa shape index (κ3) is 2.09. The number of carbonyl (C=O) groups excluding carboxylic acids is 2. The second-order valence-electron chi connectivity index (χ2n) is 5.19. The zero-order valence-corrected chi connectivity index (χ0v) is 12.1. The first-order valence-corrected chi connectivity index (χ1v) is 6.72. The monoisotopic (exact) mass is 281 g/mol. The summed E-state index contributed by atoms with van der Waals surface area (Å²) in [5, 5.41) is 2.30. The number of ether oxygens (including phenoxy) is 1. The molecule has 0 aliphatic carbocycles. The van der Waals surface area contributed by atoms with E-state index in [0.717, 1.165) is 16.9 Å². The van der Waals surface area contributed by atoms with Gasteiger partial charge in [-0.05, 0) is 50.1 Å². The highest BCUT2D eigenvalue weighted by atomic mass is 16.5. The first kappa shape index (κ1) is 13.4. The Kier molecular flexibility index (Phi) is 3.01. The van der Waals surface area contributed by atoms with Gasteiger partial charge in [0.15, 0.2) is 0 Å². The second-order valence-corrected chi connectivity index (χ2v) is 5.19. The van der Waals surface area contributed by atoms with Gasteiger partial charge in [-0.1, -0.05) is 12.1 Å². The van der Waals surface area contributed by atoms with Gasteiger partial charge in [0.1, 0.15) is 11.5 Å². The van der Waals surface area contributed by atoms with Gasteiger partial charge in [-0.3, -0.25) is 14.9 Å². The molecule has 1 aliphatic rings. The minimum absolute atomic E-state index is 0.351. The summed E-state index contributed by atoms with van der Waals surface area (Å²) in [6, 6.07) is 9.19. The van der Waals surface area contributed by atoms with E-state index in [9.17, 15) is 9.59 Å². The molecule has 3 rings (SSSR count). The summed E-state index contributed by atoms with van der Waals surface area (Å²) in [5.41, 5.74) is 3.68. The first-order chi connectivity index (χ1) is 9.99. The van der Waals surface area contributed by atoms with Crippen molar-refractivity contribution < 1.29 is 14.3 Å². The maximum Gasteiger partial charge on any atom is 0.259 e. The fraction of sp³-hybridized carbons (Fsp3) is 0.176. The summed E-state index contributed by atoms with van der Waals surface area (Å²) in [6.07, 6.45) is 0. The summed E-state index contributed by atoms with van der Waals surface area (Å²) in [4.78, 5) is 23.5. The van der Waals surface area contributed by atoms with Crippen LogP contribution in [0.3, 0.4) is 0 Å². The number of rotatable bonds is 2. The van der Waals surface area contributed by atoms with Crippen molar-refractivity contribution in [2.24, 2.45) is 0 Å². The van der Waals surface area contributed by atoms with Gasteiger partial charge < -0.3 is 4.74 Å². The van der Waals surface area contributed by atoms with E-state index in [1.165, 1.54) is 0 Å². The summed E-state index contributed by atoms with van der Waals surface area (Å²) in [6.45, 7) is 5.80. The lowest BCUT2D eigenvalue weighted by Gasteiger charge is -2.13. The first-order valence-electron chi connectivity index (χ1n) is 6.72. The number of nitrogens with one attached hydrogen (secondary N) is 1. The van der Waals surface area contributed by atoms with Crippen LogP contribution in [0.1, 0.15) is 37.4 Å². The van der Waals surface area contributed by atoms with Crippen molar-refractivity contribution in [1.29, 1.82) is 0 Å². The van der Waals surface area contributed by atoms with Crippen LogP contribution in [-0.2, 0) is 0 Å². The van der Waals surface area contributed by atoms with Gasteiger partial charge >= 0.3 is 0 Å². The molecule has 1 N–H and O–H groups in total. The van der Waals surface area contributed by atoms with E-state index in [0.29, 0.717) is 22.4 Å². The van der Waals surface area contributed by atoms with Gasteiger partial charge in [0.2, 0.25) is 0 Å². The van der Waals surface area contributed by atoms with E-state index in [-0.39, 0.29) is 11.8 Å². The third-order valence-electron chi connectivity index (χ3n) is 3.89. The van der Waals surface area contributed by atoms with Gasteiger partial charge in [-0.15, -0.1) is 0 Å². The fourth-order valence-electron chi connectivity index (χ4n) is 2.47. The Morgan fingerprint density at radius 3 is 2.33 bits per heavy atom. The molecule has 0 fully saturated rings. The van der Waals surface area contributed by atoms with Crippen molar-refractivity contribution in [2.45, 2.75) is 20.8 Å². The maximum atomic E-state index is 11.8. The Balaban J connectivity index is 2.05. The van der Waals surface area contributed by atoms with E-state index in [4.69, 9.17) is 4.74 Å². The normalized spacial score (nSPS) is 13.1. The number of hydrogen-bond donors (Lipinski definition) is 1. The van der Waals surface area contributed by atoms with Crippen LogP contribution in [0.5, 0.6) is 11.5 Å². The molecule has 0 saturated carbocycles. The number of aryl methyl sites for hydroxylation is 1. The molecule has 2 amide bonds. The van der Waals surface area contributed by atoms with Crippen molar-refractivity contribution in [3.05, 3.63) is 58.1 Å². The zero-order chi connectivity index (χ0) is 15.1. The predicted molar refractivity (Wildman–Crippen MR) is 79.0 cm³/mol. The molecule has 106 valence electrons. The number of benzene rings is 2. The van der Waals surface area contributed by atoms with Gasteiger partial charge in [-0.25, -0.2) is 0 Å². The lowest BCUT2D eigenvalue weighted by molar-refractivity contribution is 0.0879. The summed E-state index contributed by atoms with van der Waals surface area (Å²) < 4.78 is 5.94. The highest BCUT2D eigenvalue weighted by Crippen LogP contribution is 2.33. The molecule has 2 aromatic rings. The predicted octanol–water partition coefficient (Wildman–Crippen LogP) is 3.29. The van der Waals surface area contributed by atoms with E-state index in [1.54, 1.807) is 19.1 Å². The SMILES string of the molecule is Cc1cccc(Oc2ccc3c(c2C)C(=O)NC3=O)c1C. The molecular formula is C17H15NO3. The Morgan fingerprint density at radius 1 is 0.857 bits per heavy atom. The number of amides is 2. The van der Waals surface area contributed by atoms with Crippen LogP contribution >= 0.6 is 0 Å². The average Bonchev–Trinajstić information content (AvgIpc) is 2.73. The molecule has 1 aliphatic heterocycles. The fourth-order valence-corrected chi connectivity index (χ4v) is 2.47. The molecule has 2 aromatic carbocycles. The average molecular weight is 281 g/mol. The zero-order valence-electron chi connectivity index (χ0n) is 12.1. The van der Waals surface area contributed by atoms with Crippen LogP contribution in [-0.4, -0.2) is 11.8 Å². The second kappa shape index (κ2) is 4.74. The lowest BCUT2D eigenvalue weighted by Crippen LogP contribution is -2.20. The van der Waals surface area contributed by atoms with Crippen molar-refractivity contribution in [3.8, 4) is 11.5 Å². The molecule has 0 saturated heterocycles. The third-order valence-corrected chi connectivity index (χ3v) is 3.89. The Bertz CT molecular complexity index is 778. The number of hydrogen-bond acceptors (Lipinski definition) is 3. The molecule has 0 aromatic heterocycles. The number of fused-ring (bicyclic) bond motifs is 1. The van der Waals surface area contributed by atoms with E-state index < -0.39 is 0 Å². The van der Waals surface area contributed by atoms with Crippen LogP contribution in [0.25, 0.3) is 0 Å². The lowest BCUT2D eigenvalue weighted by atomic mass is 10.0. The molecule has 0 atom stereocenters. The van der Waals surface area contributed by atoms with E-state index in [2.05, 4.69) is 5.32 Å². The topological polar surface area (TPSA) is 55.4 Å². The van der Waals surface area contributed by atoms with Crippen LogP contribution in [0.2, 0.25) is 0 Å². The van der Waals surface area contributed by atoms with E-state index in [1.807, 2.05) is 32.0 Å². The van der Waals surface area contributed by atoms with Crippen LogP contribution in [0.4, 0.5) is 0 Å². The van der Waals surface area contributed by atoms with Gasteiger partial charge in [0.05, 0.1) is 11.1 Å². The quantitative estimate of drug-likeness (QED) is 0.859. The molecule has 1 heterocycles. The highest BCUT2D eigenvalue weighted by Gasteiger charge is 2.29. The summed E-state index contributed by atoms with van der Waals surface area (Å²) in [7, 11) is 0. The Morgan fingerprint density at radius 2 is 1.57 bits per heavy atom. The Labute approximate surface area is 122 Å². The van der Waals surface area contributed by atoms with Gasteiger partial charge in [-0.2, -0.15) is 0 Å². The van der Waals surface area contributed by atoms with Gasteiger partial charge in [0, 0.05) is 5.56 Å². The van der Waals surface area contributed by atoms with Gasteiger partial charge in [0.25, 0.3) is 11.8 Å². The molecule has 4 heteroatoms. The summed E-state index contributed by atoms with van der Waals surface area (Å²) >= 11 is 0. The Hall–Kier alpha value is -2.62. The molecule has 21 heavy (non-hydrogen) atoms. The minimum atomic E-state index is -0.362.